The minimum atomic E-state index is 0.691. The number of methoxy groups -OCH3 is 1. The quantitative estimate of drug-likeness (QED) is 0.907. The molecule has 1 N–H and O–H groups in total. The molecule has 1 aromatic heterocycles. The summed E-state index contributed by atoms with van der Waals surface area (Å²) >= 11 is 0. The topological polar surface area (TPSA) is 50.0 Å². The predicted molar refractivity (Wildman–Crippen MR) is 78.4 cm³/mol. The van der Waals surface area contributed by atoms with Crippen LogP contribution in [0.25, 0.3) is 0 Å². The van der Waals surface area contributed by atoms with Gasteiger partial charge in [0.25, 0.3) is 0 Å². The van der Waals surface area contributed by atoms with Crippen LogP contribution in [0.3, 0.4) is 0 Å². The molecule has 0 saturated heterocycles. The third kappa shape index (κ3) is 2.84. The molecule has 0 radical (unpaired) electrons. The van der Waals surface area contributed by atoms with Gasteiger partial charge in [0.1, 0.15) is 17.5 Å². The lowest BCUT2D eigenvalue weighted by molar-refractivity contribution is 0.407. The molecule has 0 fully saturated rings. The number of hydrogen-bond donors (Lipinski definition) is 1. The highest BCUT2D eigenvalue weighted by Crippen LogP contribution is 2.17. The highest BCUT2D eigenvalue weighted by Gasteiger charge is 2.08. The second kappa shape index (κ2) is 6.27. The second-order valence-electron chi connectivity index (χ2n) is 4.73. The van der Waals surface area contributed by atoms with Crippen LogP contribution < -0.4 is 10.1 Å². The molecule has 1 heterocycles. The minimum Gasteiger partial charge on any atom is -0.496 e. The number of nitrogens with one attached hydrogen (secondary N) is 1. The van der Waals surface area contributed by atoms with Crippen molar-refractivity contribution in [1.82, 2.24) is 9.88 Å². The number of para-hydroxylation sites is 1. The molecular weight excluding hydrogens is 250 g/mol. The molecule has 0 bridgehead atoms. The maximum absolute atomic E-state index is 9.02. The molecular formula is C16H19N3O. The lowest BCUT2D eigenvalue weighted by Crippen LogP contribution is -2.13. The van der Waals surface area contributed by atoms with Crippen molar-refractivity contribution in [2.75, 3.05) is 7.11 Å². The van der Waals surface area contributed by atoms with E-state index in [2.05, 4.69) is 11.4 Å². The Bertz CT molecular complexity index is 638. The molecule has 2 aromatic rings. The van der Waals surface area contributed by atoms with Crippen molar-refractivity contribution in [3.63, 3.8) is 0 Å². The first kappa shape index (κ1) is 14.2. The Morgan fingerprint density at radius 3 is 2.60 bits per heavy atom. The molecule has 0 unspecified atom stereocenters. The van der Waals surface area contributed by atoms with Crippen molar-refractivity contribution < 1.29 is 4.74 Å². The van der Waals surface area contributed by atoms with Gasteiger partial charge in [0.15, 0.2) is 0 Å². The van der Waals surface area contributed by atoms with E-state index in [1.165, 1.54) is 0 Å². The minimum absolute atomic E-state index is 0.691. The molecule has 0 amide bonds. The Kier molecular flexibility index (Phi) is 4.44. The number of nitrogens with zero attached hydrogens (tertiary/aromatic N) is 2. The van der Waals surface area contributed by atoms with Gasteiger partial charge in [0.05, 0.1) is 7.11 Å². The van der Waals surface area contributed by atoms with Crippen LogP contribution in [0, 0.1) is 18.3 Å². The van der Waals surface area contributed by atoms with Gasteiger partial charge in [-0.1, -0.05) is 18.2 Å². The Hall–Kier alpha value is -2.25. The molecule has 4 heteroatoms. The Morgan fingerprint density at radius 1 is 1.25 bits per heavy atom. The summed E-state index contributed by atoms with van der Waals surface area (Å²) in [5.74, 6) is 0.891. The zero-order valence-electron chi connectivity index (χ0n) is 12.1. The lowest BCUT2D eigenvalue weighted by Gasteiger charge is -2.09. The van der Waals surface area contributed by atoms with Gasteiger partial charge in [-0.25, -0.2) is 0 Å². The van der Waals surface area contributed by atoms with Crippen LogP contribution in [0.2, 0.25) is 0 Å². The Morgan fingerprint density at radius 2 is 1.95 bits per heavy atom. The number of rotatable bonds is 5. The van der Waals surface area contributed by atoms with Crippen LogP contribution in [-0.4, -0.2) is 11.7 Å². The van der Waals surface area contributed by atoms with Crippen molar-refractivity contribution in [3.05, 3.63) is 52.8 Å². The van der Waals surface area contributed by atoms with E-state index in [1.807, 2.05) is 48.9 Å². The molecule has 2 rings (SSSR count). The van der Waals surface area contributed by atoms with Gasteiger partial charge >= 0.3 is 0 Å². The van der Waals surface area contributed by atoms with E-state index < -0.39 is 0 Å². The van der Waals surface area contributed by atoms with Gasteiger partial charge in [-0.3, -0.25) is 0 Å². The first-order valence-corrected chi connectivity index (χ1v) is 6.55. The number of ether oxygens (including phenoxy) is 1. The van der Waals surface area contributed by atoms with Gasteiger partial charge in [0, 0.05) is 31.4 Å². The molecule has 0 aliphatic carbocycles. The van der Waals surface area contributed by atoms with Crippen LogP contribution in [0.5, 0.6) is 5.75 Å². The van der Waals surface area contributed by atoms with Crippen LogP contribution in [0.4, 0.5) is 0 Å². The highest BCUT2D eigenvalue weighted by molar-refractivity contribution is 5.35. The summed E-state index contributed by atoms with van der Waals surface area (Å²) in [6.07, 6.45) is 0. The Balaban J connectivity index is 2.02. The van der Waals surface area contributed by atoms with E-state index in [9.17, 15) is 0 Å². The summed E-state index contributed by atoms with van der Waals surface area (Å²) in [4.78, 5) is 0. The maximum Gasteiger partial charge on any atom is 0.123 e. The standard InChI is InChI=1S/C16H19N3O/c1-12-14(8-15(9-17)19(12)2)11-18-10-13-6-4-5-7-16(13)20-3/h4-8,18H,10-11H2,1-3H3. The van der Waals surface area contributed by atoms with Gasteiger partial charge in [-0.05, 0) is 24.6 Å². The monoisotopic (exact) mass is 269 g/mol. The third-order valence-electron chi connectivity index (χ3n) is 3.58. The SMILES string of the molecule is COc1ccccc1CNCc1cc(C#N)n(C)c1C. The molecule has 0 spiro atoms. The zero-order chi connectivity index (χ0) is 14.5. The van der Waals surface area contributed by atoms with E-state index in [4.69, 9.17) is 10.00 Å². The molecule has 0 atom stereocenters. The summed E-state index contributed by atoms with van der Waals surface area (Å²) in [5.41, 5.74) is 4.09. The molecule has 0 aliphatic heterocycles. The summed E-state index contributed by atoms with van der Waals surface area (Å²) in [6.45, 7) is 3.50. The van der Waals surface area contributed by atoms with Gasteiger partial charge in [-0.15, -0.1) is 0 Å². The molecule has 0 saturated carbocycles. The van der Waals surface area contributed by atoms with Crippen LogP contribution in [-0.2, 0) is 20.1 Å². The first-order valence-electron chi connectivity index (χ1n) is 6.55. The number of aromatic nitrogens is 1. The number of hydrogen-bond acceptors (Lipinski definition) is 3. The summed E-state index contributed by atoms with van der Waals surface area (Å²) in [7, 11) is 3.59. The van der Waals surface area contributed by atoms with Crippen molar-refractivity contribution in [3.8, 4) is 11.8 Å². The fourth-order valence-corrected chi connectivity index (χ4v) is 2.23. The smallest absolute Gasteiger partial charge is 0.123 e. The molecule has 1 aromatic carbocycles. The van der Waals surface area contributed by atoms with E-state index in [0.717, 1.165) is 35.7 Å². The van der Waals surface area contributed by atoms with E-state index in [0.29, 0.717) is 5.69 Å². The van der Waals surface area contributed by atoms with Crippen molar-refractivity contribution in [2.24, 2.45) is 7.05 Å². The van der Waals surface area contributed by atoms with Gasteiger partial charge < -0.3 is 14.6 Å². The maximum atomic E-state index is 9.02. The average Bonchev–Trinajstić information content (AvgIpc) is 2.75. The fourth-order valence-electron chi connectivity index (χ4n) is 2.23. The Labute approximate surface area is 119 Å². The van der Waals surface area contributed by atoms with E-state index >= 15 is 0 Å². The predicted octanol–water partition coefficient (Wildman–Crippen LogP) is 2.50. The molecule has 20 heavy (non-hydrogen) atoms. The number of benzene rings is 1. The fraction of sp³-hybridized carbons (Fsp3) is 0.312. The van der Waals surface area contributed by atoms with Crippen LogP contribution in [0.1, 0.15) is 22.5 Å². The summed E-state index contributed by atoms with van der Waals surface area (Å²) in [5, 5.41) is 12.4. The average molecular weight is 269 g/mol. The molecule has 104 valence electrons. The largest absolute Gasteiger partial charge is 0.496 e. The summed E-state index contributed by atoms with van der Waals surface area (Å²) < 4.78 is 7.24. The van der Waals surface area contributed by atoms with Crippen LogP contribution >= 0.6 is 0 Å². The third-order valence-corrected chi connectivity index (χ3v) is 3.58. The van der Waals surface area contributed by atoms with Gasteiger partial charge in [-0.2, -0.15) is 5.26 Å². The van der Waals surface area contributed by atoms with E-state index in [1.54, 1.807) is 7.11 Å². The number of nitriles is 1. The lowest BCUT2D eigenvalue weighted by atomic mass is 10.2. The molecule has 4 nitrogen and oxygen atoms in total. The van der Waals surface area contributed by atoms with Gasteiger partial charge in [0.2, 0.25) is 0 Å². The first-order chi connectivity index (χ1) is 9.67. The summed E-state index contributed by atoms with van der Waals surface area (Å²) in [6, 6.07) is 12.1. The van der Waals surface area contributed by atoms with Crippen LogP contribution in [0.15, 0.2) is 30.3 Å². The van der Waals surface area contributed by atoms with Crippen molar-refractivity contribution in [1.29, 1.82) is 5.26 Å². The molecule has 0 aliphatic rings. The second-order valence-corrected chi connectivity index (χ2v) is 4.73. The normalized spacial score (nSPS) is 10.3. The highest BCUT2D eigenvalue weighted by atomic mass is 16.5. The van der Waals surface area contributed by atoms with E-state index in [-0.39, 0.29) is 0 Å². The zero-order valence-corrected chi connectivity index (χ0v) is 12.1. The van der Waals surface area contributed by atoms with Crippen molar-refractivity contribution in [2.45, 2.75) is 20.0 Å². The van der Waals surface area contributed by atoms with Crippen molar-refractivity contribution >= 4 is 0 Å².